The highest BCUT2D eigenvalue weighted by molar-refractivity contribution is 5.69. The van der Waals surface area contributed by atoms with Crippen LogP contribution >= 0.6 is 0 Å². The predicted molar refractivity (Wildman–Crippen MR) is 244 cm³/mol. The number of anilines is 2. The van der Waals surface area contributed by atoms with E-state index >= 15 is 0 Å². The lowest BCUT2D eigenvalue weighted by molar-refractivity contribution is 0.0218. The number of nitrogens with zero attached hydrogens (tertiary/aromatic N) is 7. The normalized spacial score (nSPS) is 22.7. The van der Waals surface area contributed by atoms with E-state index in [1.54, 1.807) is 19.1 Å². The van der Waals surface area contributed by atoms with Crippen molar-refractivity contribution in [3.8, 4) is 17.5 Å². The van der Waals surface area contributed by atoms with E-state index in [-0.39, 0.29) is 30.0 Å². The summed E-state index contributed by atoms with van der Waals surface area (Å²) in [5.74, 6) is 4.33. The average molecular weight is 864 g/mol. The van der Waals surface area contributed by atoms with Crippen LogP contribution in [0.3, 0.4) is 0 Å². The second-order valence-corrected chi connectivity index (χ2v) is 19.4. The number of carbonyl (C=O) groups is 1. The van der Waals surface area contributed by atoms with Crippen LogP contribution in [-0.2, 0) is 30.7 Å². The molecule has 0 radical (unpaired) electrons. The second kappa shape index (κ2) is 18.5. The van der Waals surface area contributed by atoms with E-state index in [0.29, 0.717) is 70.6 Å². The number of hydrogen-bond acceptors (Lipinski definition) is 11. The molecule has 12 nitrogen and oxygen atoms in total. The van der Waals surface area contributed by atoms with Crippen molar-refractivity contribution < 1.29 is 28.1 Å². The highest BCUT2D eigenvalue weighted by atomic mass is 19.1. The van der Waals surface area contributed by atoms with Gasteiger partial charge in [-0.15, -0.1) is 0 Å². The Morgan fingerprint density at radius 2 is 1.54 bits per heavy atom. The zero-order chi connectivity index (χ0) is 44.6. The first-order chi connectivity index (χ1) is 30.2. The Labute approximate surface area is 373 Å². The number of benzene rings is 2. The number of aryl methyl sites for hydroxylation is 1. The van der Waals surface area contributed by atoms with Gasteiger partial charge in [0.2, 0.25) is 0 Å². The largest absolute Gasteiger partial charge is 0.497 e. The highest BCUT2D eigenvalue weighted by Gasteiger charge is 2.40. The number of halogens is 1. The standard InChI is InChI=1S/C50H66FN7O5/c1-31-22-42-43(52-48(62-30-38-24-37(51)29-55(38)7)54-47(42)58-21-20-56(26-33(58)3)49(59)63-50(4,5)6)25-41(31)46-45(36-14-15-36)32(2)23-44(53-46)57(27-34-10-16-39(60-8)17-11-34)28-35-12-18-40(61-9)19-13-35/h10-13,16-19,23,31,33,36-38,41H,14-15,20-22,24-30H2,1-9H3/t31?,33-,37+,38-,41?/m0/s1. The Morgan fingerprint density at radius 3 is 2.10 bits per heavy atom. The molecule has 5 atom stereocenters. The van der Waals surface area contributed by atoms with Crippen LogP contribution in [0.4, 0.5) is 20.8 Å². The van der Waals surface area contributed by atoms with E-state index in [1.165, 1.54) is 40.8 Å². The molecule has 2 aromatic carbocycles. The van der Waals surface area contributed by atoms with Crippen molar-refractivity contribution in [2.75, 3.05) is 63.9 Å². The molecule has 2 saturated heterocycles. The van der Waals surface area contributed by atoms with Crippen molar-refractivity contribution in [2.45, 2.75) is 122 Å². The highest BCUT2D eigenvalue weighted by Crippen LogP contribution is 2.49. The number of pyridine rings is 1. The summed E-state index contributed by atoms with van der Waals surface area (Å²) in [5, 5.41) is 0. The van der Waals surface area contributed by atoms with Crippen LogP contribution in [0.25, 0.3) is 0 Å². The summed E-state index contributed by atoms with van der Waals surface area (Å²) in [6, 6.07) is 19.1. The van der Waals surface area contributed by atoms with Gasteiger partial charge in [-0.3, -0.25) is 4.90 Å². The number of alkyl halides is 1. The van der Waals surface area contributed by atoms with E-state index in [9.17, 15) is 9.18 Å². The van der Waals surface area contributed by atoms with Crippen LogP contribution in [0.15, 0.2) is 54.6 Å². The van der Waals surface area contributed by atoms with Gasteiger partial charge in [0, 0.05) is 62.8 Å². The smallest absolute Gasteiger partial charge is 0.410 e. The molecule has 2 aromatic heterocycles. The summed E-state index contributed by atoms with van der Waals surface area (Å²) in [4.78, 5) is 37.7. The minimum atomic E-state index is -0.872. The van der Waals surface area contributed by atoms with E-state index in [1.807, 2.05) is 57.0 Å². The van der Waals surface area contributed by atoms with Crippen molar-refractivity contribution in [1.82, 2.24) is 24.8 Å². The summed E-state index contributed by atoms with van der Waals surface area (Å²) >= 11 is 0. The Kier molecular flexibility index (Phi) is 13.1. The SMILES string of the molecule is COc1ccc(CN(Cc2ccc(OC)cc2)c2cc(C)c(C3CC3)c(C3Cc4nc(OC[C@@H]5C[C@@H](F)CN5C)nc(N5CCN(C(=O)OC(C)(C)C)C[C@@H]5C)c4CC3C)n2)cc1. The molecule has 2 aliphatic carbocycles. The third-order valence-corrected chi connectivity index (χ3v) is 13.3. The molecule has 63 heavy (non-hydrogen) atoms. The lowest BCUT2D eigenvalue weighted by atomic mass is 9.75. The minimum absolute atomic E-state index is 0.0238. The number of carbonyl (C=O) groups excluding carboxylic acids is 1. The number of amides is 1. The average Bonchev–Trinajstić information content (AvgIpc) is 4.04. The summed E-state index contributed by atoms with van der Waals surface area (Å²) in [5.41, 5.74) is 7.70. The van der Waals surface area contributed by atoms with Crippen molar-refractivity contribution in [1.29, 1.82) is 0 Å². The van der Waals surface area contributed by atoms with Crippen molar-refractivity contribution in [3.63, 3.8) is 0 Å². The number of likely N-dealkylation sites (N-methyl/N-ethyl adjacent to an activating group) is 1. The van der Waals surface area contributed by atoms with Crippen molar-refractivity contribution in [3.05, 3.63) is 93.8 Å². The van der Waals surface area contributed by atoms with Crippen molar-refractivity contribution >= 4 is 17.7 Å². The second-order valence-electron chi connectivity index (χ2n) is 19.4. The summed E-state index contributed by atoms with van der Waals surface area (Å²) in [7, 11) is 5.33. The van der Waals surface area contributed by atoms with Crippen LogP contribution in [0.2, 0.25) is 0 Å². The summed E-state index contributed by atoms with van der Waals surface area (Å²) < 4.78 is 37.6. The Bertz CT molecular complexity index is 2180. The third kappa shape index (κ3) is 10.3. The fraction of sp³-hybridized carbons (Fsp3) is 0.560. The quantitative estimate of drug-likeness (QED) is 0.129. The van der Waals surface area contributed by atoms with Crippen LogP contribution in [0.1, 0.15) is 105 Å². The number of piperazine rings is 1. The molecule has 4 aliphatic rings. The van der Waals surface area contributed by atoms with Gasteiger partial charge in [0.05, 0.1) is 25.6 Å². The topological polar surface area (TPSA) is 106 Å². The predicted octanol–water partition coefficient (Wildman–Crippen LogP) is 8.67. The Morgan fingerprint density at radius 1 is 0.889 bits per heavy atom. The third-order valence-electron chi connectivity index (χ3n) is 13.3. The molecule has 2 unspecified atom stereocenters. The molecule has 1 saturated carbocycles. The first-order valence-corrected chi connectivity index (χ1v) is 22.8. The first kappa shape index (κ1) is 44.4. The molecule has 8 rings (SSSR count). The van der Waals surface area contributed by atoms with Crippen LogP contribution < -0.4 is 24.0 Å². The minimum Gasteiger partial charge on any atom is -0.497 e. The van der Waals surface area contributed by atoms with Gasteiger partial charge in [-0.2, -0.15) is 9.97 Å². The van der Waals surface area contributed by atoms with Gasteiger partial charge >= 0.3 is 12.1 Å². The molecule has 3 fully saturated rings. The molecule has 13 heteroatoms. The summed E-state index contributed by atoms with van der Waals surface area (Å²) in [6.45, 7) is 16.1. The zero-order valence-corrected chi connectivity index (χ0v) is 38.7. The van der Waals surface area contributed by atoms with Gasteiger partial charge in [0.1, 0.15) is 41.5 Å². The van der Waals surface area contributed by atoms with Crippen LogP contribution in [0.5, 0.6) is 17.5 Å². The van der Waals surface area contributed by atoms with Gasteiger partial charge < -0.3 is 33.6 Å². The zero-order valence-electron chi connectivity index (χ0n) is 38.7. The van der Waals surface area contributed by atoms with Crippen LogP contribution in [0, 0.1) is 12.8 Å². The fourth-order valence-electron chi connectivity index (χ4n) is 9.71. The van der Waals surface area contributed by atoms with Gasteiger partial charge in [0.15, 0.2) is 0 Å². The molecule has 338 valence electrons. The van der Waals surface area contributed by atoms with Crippen LogP contribution in [-0.4, -0.2) is 109 Å². The molecule has 2 aliphatic heterocycles. The maximum atomic E-state index is 14.4. The number of likely N-dealkylation sites (tertiary alicyclic amines) is 1. The van der Waals surface area contributed by atoms with Gasteiger partial charge in [-0.05, 0) is 138 Å². The number of methoxy groups -OCH3 is 2. The number of aromatic nitrogens is 3. The fourth-order valence-corrected chi connectivity index (χ4v) is 9.71. The maximum absolute atomic E-state index is 14.4. The monoisotopic (exact) mass is 864 g/mol. The molecular formula is C50H66FN7O5. The van der Waals surface area contributed by atoms with E-state index < -0.39 is 11.8 Å². The first-order valence-electron chi connectivity index (χ1n) is 22.8. The number of fused-ring (bicyclic) bond motifs is 1. The Balaban J connectivity index is 1.14. The molecule has 0 N–H and O–H groups in total. The van der Waals surface area contributed by atoms with Crippen molar-refractivity contribution in [2.24, 2.45) is 5.92 Å². The lowest BCUT2D eigenvalue weighted by Crippen LogP contribution is -2.55. The summed E-state index contributed by atoms with van der Waals surface area (Å²) in [6.07, 6.45) is 3.06. The number of hydrogen-bond donors (Lipinski definition) is 0. The van der Waals surface area contributed by atoms with E-state index in [4.69, 9.17) is 33.9 Å². The lowest BCUT2D eigenvalue weighted by Gasteiger charge is -2.42. The van der Waals surface area contributed by atoms with E-state index in [0.717, 1.165) is 40.8 Å². The van der Waals surface area contributed by atoms with E-state index in [2.05, 4.69) is 60.9 Å². The molecule has 4 heterocycles. The van der Waals surface area contributed by atoms with Gasteiger partial charge in [0.25, 0.3) is 0 Å². The molecule has 0 spiro atoms. The molecule has 4 aromatic rings. The molecular weight excluding hydrogens is 798 g/mol. The van der Waals surface area contributed by atoms with Gasteiger partial charge in [-0.1, -0.05) is 31.2 Å². The molecule has 0 bridgehead atoms. The Hall–Kier alpha value is -5.17. The number of rotatable bonds is 13. The maximum Gasteiger partial charge on any atom is 0.410 e. The number of ether oxygens (including phenoxy) is 4. The molecule has 1 amide bonds. The van der Waals surface area contributed by atoms with Gasteiger partial charge in [-0.25, -0.2) is 14.2 Å².